The largest absolute Gasteiger partial charge is 0.455 e. The van der Waals surface area contributed by atoms with E-state index in [1.54, 1.807) is 0 Å². The molecule has 1 aromatic heterocycles. The second kappa shape index (κ2) is 14.1. The predicted octanol–water partition coefficient (Wildman–Crippen LogP) is 16.0. The first-order valence-corrected chi connectivity index (χ1v) is 19.8. The van der Waals surface area contributed by atoms with E-state index in [1.807, 2.05) is 6.07 Å². The summed E-state index contributed by atoms with van der Waals surface area (Å²) >= 11 is 0. The normalized spacial score (nSPS) is 11.4. The molecule has 0 N–H and O–H groups in total. The van der Waals surface area contributed by atoms with Crippen LogP contribution < -0.4 is 4.90 Å². The molecule has 1 heterocycles. The SMILES string of the molecule is c1ccc(-c2cccc3c2oc2ccc(-c4cccc(-c5ccc(N(c6ccc(-c7cccc8ccccc78)cc6)c6cccc7ccccc67)cc5)c4)cc23)cc1. The van der Waals surface area contributed by atoms with Gasteiger partial charge in [-0.15, -0.1) is 0 Å². The van der Waals surface area contributed by atoms with Crippen molar-refractivity contribution in [1.29, 1.82) is 0 Å². The third-order valence-corrected chi connectivity index (χ3v) is 11.5. The first-order chi connectivity index (χ1) is 28.7. The molecule has 2 nitrogen and oxygen atoms in total. The van der Waals surface area contributed by atoms with E-state index in [2.05, 4.69) is 223 Å². The van der Waals surface area contributed by atoms with E-state index in [9.17, 15) is 0 Å². The van der Waals surface area contributed by atoms with Gasteiger partial charge in [0.25, 0.3) is 0 Å². The molecular formula is C56H37NO. The molecule has 0 unspecified atom stereocenters. The first-order valence-electron chi connectivity index (χ1n) is 19.8. The Balaban J connectivity index is 0.952. The molecule has 0 spiro atoms. The molecule has 0 saturated heterocycles. The molecule has 2 heteroatoms. The van der Waals surface area contributed by atoms with E-state index in [1.165, 1.54) is 43.8 Å². The monoisotopic (exact) mass is 739 g/mol. The zero-order valence-electron chi connectivity index (χ0n) is 31.7. The summed E-state index contributed by atoms with van der Waals surface area (Å²) in [5.74, 6) is 0. The Morgan fingerprint density at radius 3 is 1.57 bits per heavy atom. The van der Waals surface area contributed by atoms with Crippen LogP contribution in [-0.4, -0.2) is 0 Å². The minimum absolute atomic E-state index is 0.896. The summed E-state index contributed by atoms with van der Waals surface area (Å²) in [6, 6.07) is 80.6. The Hall–Kier alpha value is -7.68. The van der Waals surface area contributed by atoms with Crippen molar-refractivity contribution in [3.8, 4) is 44.5 Å². The van der Waals surface area contributed by atoms with Crippen molar-refractivity contribution in [3.63, 3.8) is 0 Å². The second-order valence-electron chi connectivity index (χ2n) is 14.9. The van der Waals surface area contributed by atoms with E-state index in [-0.39, 0.29) is 0 Å². The van der Waals surface area contributed by atoms with Gasteiger partial charge in [-0.3, -0.25) is 0 Å². The number of benzene rings is 10. The fraction of sp³-hybridized carbons (Fsp3) is 0. The Morgan fingerprint density at radius 1 is 0.293 bits per heavy atom. The zero-order chi connectivity index (χ0) is 38.4. The van der Waals surface area contributed by atoms with Crippen molar-refractivity contribution in [2.24, 2.45) is 0 Å². The minimum atomic E-state index is 0.896. The summed E-state index contributed by atoms with van der Waals surface area (Å²) in [6.07, 6.45) is 0. The molecule has 10 aromatic carbocycles. The first kappa shape index (κ1) is 33.6. The lowest BCUT2D eigenvalue weighted by molar-refractivity contribution is 0.670. The fourth-order valence-electron chi connectivity index (χ4n) is 8.60. The van der Waals surface area contributed by atoms with E-state index in [0.717, 1.165) is 61.3 Å². The van der Waals surface area contributed by atoms with Crippen LogP contribution in [0.15, 0.2) is 229 Å². The lowest BCUT2D eigenvalue weighted by atomic mass is 9.97. The fourth-order valence-corrected chi connectivity index (χ4v) is 8.60. The van der Waals surface area contributed by atoms with Crippen LogP contribution in [0.3, 0.4) is 0 Å². The molecule has 0 aliphatic rings. The van der Waals surface area contributed by atoms with Crippen LogP contribution in [0.5, 0.6) is 0 Å². The minimum Gasteiger partial charge on any atom is -0.455 e. The number of hydrogen-bond acceptors (Lipinski definition) is 2. The van der Waals surface area contributed by atoms with Gasteiger partial charge in [0.05, 0.1) is 5.69 Å². The van der Waals surface area contributed by atoms with Gasteiger partial charge in [-0.05, 0) is 104 Å². The van der Waals surface area contributed by atoms with Gasteiger partial charge in [0.2, 0.25) is 0 Å². The summed E-state index contributed by atoms with van der Waals surface area (Å²) in [4.78, 5) is 2.38. The smallest absolute Gasteiger partial charge is 0.143 e. The number of fused-ring (bicyclic) bond motifs is 5. The van der Waals surface area contributed by atoms with Crippen LogP contribution in [0, 0.1) is 0 Å². The number of rotatable bonds is 7. The van der Waals surface area contributed by atoms with Gasteiger partial charge in [-0.25, -0.2) is 0 Å². The lowest BCUT2D eigenvalue weighted by Crippen LogP contribution is -2.10. The van der Waals surface area contributed by atoms with Gasteiger partial charge in [-0.2, -0.15) is 0 Å². The zero-order valence-corrected chi connectivity index (χ0v) is 31.7. The van der Waals surface area contributed by atoms with Crippen molar-refractivity contribution in [3.05, 3.63) is 224 Å². The van der Waals surface area contributed by atoms with Gasteiger partial charge in [0.1, 0.15) is 11.2 Å². The van der Waals surface area contributed by atoms with Crippen molar-refractivity contribution in [1.82, 2.24) is 0 Å². The highest BCUT2D eigenvalue weighted by atomic mass is 16.3. The number of para-hydroxylation sites is 1. The molecule has 11 rings (SSSR count). The van der Waals surface area contributed by atoms with Crippen LogP contribution in [0.25, 0.3) is 88.0 Å². The molecule has 0 bridgehead atoms. The maximum Gasteiger partial charge on any atom is 0.143 e. The maximum atomic E-state index is 6.48. The molecule has 0 radical (unpaired) electrons. The number of anilines is 3. The van der Waals surface area contributed by atoms with E-state index in [4.69, 9.17) is 4.42 Å². The Kier molecular flexibility index (Phi) is 8.19. The molecule has 0 fully saturated rings. The summed E-state index contributed by atoms with van der Waals surface area (Å²) in [5, 5.41) is 7.18. The average molecular weight is 740 g/mol. The molecule has 0 amide bonds. The van der Waals surface area contributed by atoms with Gasteiger partial charge < -0.3 is 9.32 Å². The number of hydrogen-bond donors (Lipinski definition) is 0. The molecule has 11 aromatic rings. The molecule has 0 aliphatic heterocycles. The molecule has 58 heavy (non-hydrogen) atoms. The van der Waals surface area contributed by atoms with Crippen molar-refractivity contribution >= 4 is 60.5 Å². The second-order valence-corrected chi connectivity index (χ2v) is 14.9. The Bertz CT molecular complexity index is 3260. The van der Waals surface area contributed by atoms with Crippen molar-refractivity contribution in [2.75, 3.05) is 4.90 Å². The highest BCUT2D eigenvalue weighted by Crippen LogP contribution is 2.42. The summed E-state index contributed by atoms with van der Waals surface area (Å²) in [5.41, 5.74) is 14.5. The van der Waals surface area contributed by atoms with Gasteiger partial charge in [-0.1, -0.05) is 176 Å². The third kappa shape index (κ3) is 5.91. The van der Waals surface area contributed by atoms with E-state index < -0.39 is 0 Å². The highest BCUT2D eigenvalue weighted by Gasteiger charge is 2.17. The number of furan rings is 1. The van der Waals surface area contributed by atoms with Gasteiger partial charge >= 0.3 is 0 Å². The van der Waals surface area contributed by atoms with Crippen LogP contribution in [0.4, 0.5) is 17.1 Å². The lowest BCUT2D eigenvalue weighted by Gasteiger charge is -2.27. The molecule has 0 saturated carbocycles. The van der Waals surface area contributed by atoms with E-state index >= 15 is 0 Å². The number of nitrogens with zero attached hydrogens (tertiary/aromatic N) is 1. The molecule has 0 aliphatic carbocycles. The molecular weight excluding hydrogens is 703 g/mol. The Labute approximate surface area is 337 Å². The summed E-state index contributed by atoms with van der Waals surface area (Å²) < 4.78 is 6.48. The van der Waals surface area contributed by atoms with Crippen molar-refractivity contribution in [2.45, 2.75) is 0 Å². The van der Waals surface area contributed by atoms with Crippen molar-refractivity contribution < 1.29 is 4.42 Å². The van der Waals surface area contributed by atoms with Gasteiger partial charge in [0, 0.05) is 33.1 Å². The molecule has 0 atom stereocenters. The standard InChI is InChI=1S/C56H37NO/c1-2-12-41(13-3-1)51-23-11-24-52-53-37-45(30-35-55(53)58-56(51)52)44-19-8-18-43(36-44)38-26-31-46(32-27-38)57(54-25-10-17-40-15-5-7-21-50(40)54)47-33-28-42(29-34-47)49-22-9-16-39-14-4-6-20-48(39)49/h1-37H. The highest BCUT2D eigenvalue weighted by molar-refractivity contribution is 6.10. The third-order valence-electron chi connectivity index (χ3n) is 11.5. The molecule has 272 valence electrons. The van der Waals surface area contributed by atoms with Crippen LogP contribution in [0.2, 0.25) is 0 Å². The van der Waals surface area contributed by atoms with Crippen LogP contribution in [0.1, 0.15) is 0 Å². The summed E-state index contributed by atoms with van der Waals surface area (Å²) in [6.45, 7) is 0. The predicted molar refractivity (Wildman–Crippen MR) is 245 cm³/mol. The van der Waals surface area contributed by atoms with Crippen LogP contribution >= 0.6 is 0 Å². The average Bonchev–Trinajstić information content (AvgIpc) is 3.68. The maximum absolute atomic E-state index is 6.48. The topological polar surface area (TPSA) is 16.4 Å². The quantitative estimate of drug-likeness (QED) is 0.162. The Morgan fingerprint density at radius 2 is 0.793 bits per heavy atom. The van der Waals surface area contributed by atoms with Gasteiger partial charge in [0.15, 0.2) is 0 Å². The van der Waals surface area contributed by atoms with Crippen LogP contribution in [-0.2, 0) is 0 Å². The summed E-state index contributed by atoms with van der Waals surface area (Å²) in [7, 11) is 0. The van der Waals surface area contributed by atoms with E-state index in [0.29, 0.717) is 0 Å².